The highest BCUT2D eigenvalue weighted by Crippen LogP contribution is 1.90. The van der Waals surface area contributed by atoms with E-state index in [0.29, 0.717) is 59.1 Å². The van der Waals surface area contributed by atoms with Crippen LogP contribution < -0.4 is 11.3 Å². The summed E-state index contributed by atoms with van der Waals surface area (Å²) in [5.74, 6) is 4.75. The summed E-state index contributed by atoms with van der Waals surface area (Å²) in [6.07, 6.45) is 1.04. The quantitative estimate of drug-likeness (QED) is 0.201. The number of methoxy groups -OCH3 is 1. The molecule has 0 aromatic carbocycles. The van der Waals surface area contributed by atoms with E-state index in [2.05, 4.69) is 5.43 Å². The Kier molecular flexibility index (Phi) is 13.8. The molecule has 0 aromatic heterocycles. The van der Waals surface area contributed by atoms with E-state index >= 15 is 0 Å². The van der Waals surface area contributed by atoms with Crippen molar-refractivity contribution in [3.63, 3.8) is 0 Å². The predicted octanol–water partition coefficient (Wildman–Crippen LogP) is -0.547. The van der Waals surface area contributed by atoms with Gasteiger partial charge in [-0.05, 0) is 6.42 Å². The van der Waals surface area contributed by atoms with E-state index in [1.807, 2.05) is 0 Å². The Morgan fingerprint density at radius 2 is 1.44 bits per heavy atom. The number of nitrogens with two attached hydrogens (primary N) is 1. The lowest BCUT2D eigenvalue weighted by Gasteiger charge is -2.06. The summed E-state index contributed by atoms with van der Waals surface area (Å²) in [4.78, 5) is 10.8. The fourth-order valence-electron chi connectivity index (χ4n) is 1.09. The molecule has 0 unspecified atom stereocenters. The van der Waals surface area contributed by atoms with Crippen LogP contribution in [0.1, 0.15) is 12.8 Å². The van der Waals surface area contributed by atoms with E-state index < -0.39 is 0 Å². The van der Waals surface area contributed by atoms with Gasteiger partial charge in [0, 0.05) is 20.1 Å². The number of rotatable bonds is 13. The third-order valence-electron chi connectivity index (χ3n) is 2.03. The molecule has 0 saturated carbocycles. The van der Waals surface area contributed by atoms with Crippen molar-refractivity contribution < 1.29 is 23.7 Å². The first kappa shape index (κ1) is 17.3. The highest BCUT2D eigenvalue weighted by Gasteiger charge is 1.97. The van der Waals surface area contributed by atoms with Gasteiger partial charge in [-0.15, -0.1) is 0 Å². The van der Waals surface area contributed by atoms with Gasteiger partial charge in [0.1, 0.15) is 0 Å². The van der Waals surface area contributed by atoms with E-state index in [4.69, 9.17) is 24.8 Å². The molecule has 108 valence electrons. The average Bonchev–Trinajstić information content (AvgIpc) is 2.39. The molecule has 0 radical (unpaired) electrons. The highest BCUT2D eigenvalue weighted by molar-refractivity contribution is 5.75. The zero-order chi connectivity index (χ0) is 13.5. The van der Waals surface area contributed by atoms with Gasteiger partial charge in [-0.2, -0.15) is 0 Å². The van der Waals surface area contributed by atoms with Gasteiger partial charge in [-0.25, -0.2) is 5.84 Å². The SMILES string of the molecule is COCCOCCOCCOCCCC(=O)NN. The van der Waals surface area contributed by atoms with Gasteiger partial charge < -0.3 is 18.9 Å². The van der Waals surface area contributed by atoms with Crippen LogP contribution in [0, 0.1) is 0 Å². The summed E-state index contributed by atoms with van der Waals surface area (Å²) < 4.78 is 20.6. The number of amides is 1. The van der Waals surface area contributed by atoms with E-state index in [1.165, 1.54) is 0 Å². The van der Waals surface area contributed by atoms with Gasteiger partial charge in [-0.3, -0.25) is 10.2 Å². The Bertz CT molecular complexity index is 192. The molecule has 0 heterocycles. The third kappa shape index (κ3) is 13.3. The topological polar surface area (TPSA) is 92.0 Å². The molecule has 0 aliphatic carbocycles. The second-order valence-corrected chi connectivity index (χ2v) is 3.50. The molecule has 0 aliphatic rings. The van der Waals surface area contributed by atoms with Gasteiger partial charge in [-0.1, -0.05) is 0 Å². The molecule has 0 aliphatic heterocycles. The van der Waals surface area contributed by atoms with Crippen LogP contribution in [0.3, 0.4) is 0 Å². The Morgan fingerprint density at radius 3 is 1.94 bits per heavy atom. The lowest BCUT2D eigenvalue weighted by Crippen LogP contribution is -2.29. The minimum absolute atomic E-state index is 0.178. The second-order valence-electron chi connectivity index (χ2n) is 3.50. The molecule has 7 heteroatoms. The molecule has 0 atom stereocenters. The number of hydrazine groups is 1. The van der Waals surface area contributed by atoms with Gasteiger partial charge in [0.25, 0.3) is 0 Å². The first-order chi connectivity index (χ1) is 8.81. The molecule has 3 N–H and O–H groups in total. The fourth-order valence-corrected chi connectivity index (χ4v) is 1.09. The van der Waals surface area contributed by atoms with Crippen LogP contribution in [-0.4, -0.2) is 59.3 Å². The zero-order valence-electron chi connectivity index (χ0n) is 11.0. The Labute approximate surface area is 108 Å². The van der Waals surface area contributed by atoms with Crippen LogP contribution in [0.2, 0.25) is 0 Å². The van der Waals surface area contributed by atoms with Crippen LogP contribution in [-0.2, 0) is 23.7 Å². The maximum Gasteiger partial charge on any atom is 0.233 e. The Morgan fingerprint density at radius 1 is 0.944 bits per heavy atom. The molecule has 1 amide bonds. The number of nitrogens with one attached hydrogen (secondary N) is 1. The molecule has 7 nitrogen and oxygen atoms in total. The summed E-state index contributed by atoms with van der Waals surface area (Å²) >= 11 is 0. The summed E-state index contributed by atoms with van der Waals surface area (Å²) in [6.45, 7) is 3.85. The summed E-state index contributed by atoms with van der Waals surface area (Å²) in [5, 5.41) is 0. The van der Waals surface area contributed by atoms with E-state index in [1.54, 1.807) is 7.11 Å². The van der Waals surface area contributed by atoms with Gasteiger partial charge in [0.2, 0.25) is 5.91 Å². The van der Waals surface area contributed by atoms with E-state index in [0.717, 1.165) is 0 Å². The average molecular weight is 264 g/mol. The van der Waals surface area contributed by atoms with Gasteiger partial charge >= 0.3 is 0 Å². The van der Waals surface area contributed by atoms with Crippen molar-refractivity contribution >= 4 is 5.91 Å². The minimum atomic E-state index is -0.178. The van der Waals surface area contributed by atoms with Crippen molar-refractivity contribution in [2.24, 2.45) is 5.84 Å². The second kappa shape index (κ2) is 14.3. The molecular formula is C11H24N2O5. The largest absolute Gasteiger partial charge is 0.382 e. The predicted molar refractivity (Wildman–Crippen MR) is 65.9 cm³/mol. The van der Waals surface area contributed by atoms with E-state index in [9.17, 15) is 4.79 Å². The standard InChI is InChI=1S/C11H24N2O5/c1-15-5-6-17-9-10-18-8-7-16-4-2-3-11(14)13-12/h2-10,12H2,1H3,(H,13,14). The molecule has 0 aromatic rings. The van der Waals surface area contributed by atoms with Crippen molar-refractivity contribution in [1.29, 1.82) is 0 Å². The van der Waals surface area contributed by atoms with Gasteiger partial charge in [0.15, 0.2) is 0 Å². The number of carbonyl (C=O) groups is 1. The Balaban J connectivity index is 2.97. The Hall–Kier alpha value is -0.730. The molecule has 0 fully saturated rings. The maximum absolute atomic E-state index is 10.8. The number of hydrogen-bond donors (Lipinski definition) is 2. The monoisotopic (exact) mass is 264 g/mol. The van der Waals surface area contributed by atoms with Gasteiger partial charge in [0.05, 0.1) is 39.6 Å². The maximum atomic E-state index is 10.8. The number of hydrogen-bond acceptors (Lipinski definition) is 6. The van der Waals surface area contributed by atoms with Crippen LogP contribution in [0.4, 0.5) is 0 Å². The lowest BCUT2D eigenvalue weighted by molar-refractivity contribution is -0.121. The van der Waals surface area contributed by atoms with Crippen molar-refractivity contribution in [2.45, 2.75) is 12.8 Å². The molecule has 0 spiro atoms. The van der Waals surface area contributed by atoms with Crippen molar-refractivity contribution in [3.05, 3.63) is 0 Å². The number of ether oxygens (including phenoxy) is 4. The summed E-state index contributed by atoms with van der Waals surface area (Å²) in [6, 6.07) is 0. The normalized spacial score (nSPS) is 10.6. The lowest BCUT2D eigenvalue weighted by atomic mass is 10.3. The van der Waals surface area contributed by atoms with Crippen LogP contribution in [0.15, 0.2) is 0 Å². The fraction of sp³-hybridized carbons (Fsp3) is 0.909. The van der Waals surface area contributed by atoms with Crippen molar-refractivity contribution in [1.82, 2.24) is 5.43 Å². The third-order valence-corrected chi connectivity index (χ3v) is 2.03. The summed E-state index contributed by atoms with van der Waals surface area (Å²) in [7, 11) is 1.63. The number of carbonyl (C=O) groups excluding carboxylic acids is 1. The smallest absolute Gasteiger partial charge is 0.233 e. The van der Waals surface area contributed by atoms with Crippen molar-refractivity contribution in [3.8, 4) is 0 Å². The molecule has 0 saturated heterocycles. The zero-order valence-corrected chi connectivity index (χ0v) is 11.0. The minimum Gasteiger partial charge on any atom is -0.382 e. The molecule has 18 heavy (non-hydrogen) atoms. The first-order valence-electron chi connectivity index (χ1n) is 6.03. The molecular weight excluding hydrogens is 240 g/mol. The van der Waals surface area contributed by atoms with E-state index in [-0.39, 0.29) is 5.91 Å². The van der Waals surface area contributed by atoms with Crippen molar-refractivity contribution in [2.75, 3.05) is 53.4 Å². The molecule has 0 rings (SSSR count). The van der Waals surface area contributed by atoms with Crippen LogP contribution in [0.5, 0.6) is 0 Å². The first-order valence-corrected chi connectivity index (χ1v) is 6.03. The molecule has 0 bridgehead atoms. The van der Waals surface area contributed by atoms with Crippen LogP contribution in [0.25, 0.3) is 0 Å². The van der Waals surface area contributed by atoms with Crippen LogP contribution >= 0.6 is 0 Å². The summed E-state index contributed by atoms with van der Waals surface area (Å²) in [5.41, 5.74) is 2.06. The highest BCUT2D eigenvalue weighted by atomic mass is 16.6.